The lowest BCUT2D eigenvalue weighted by Gasteiger charge is -2.34. The van der Waals surface area contributed by atoms with Crippen molar-refractivity contribution in [2.24, 2.45) is 0 Å². The molecule has 9 heteroatoms. The molecule has 37 heavy (non-hydrogen) atoms. The number of para-hydroxylation sites is 1. The summed E-state index contributed by atoms with van der Waals surface area (Å²) in [7, 11) is 0. The van der Waals surface area contributed by atoms with Crippen LogP contribution in [0.5, 0.6) is 0 Å². The maximum Gasteiger partial charge on any atom is 0.309 e. The third-order valence-electron chi connectivity index (χ3n) is 6.18. The second-order valence-corrected chi connectivity index (χ2v) is 8.67. The number of hydrazine groups is 1. The van der Waals surface area contributed by atoms with Gasteiger partial charge < -0.3 is 4.90 Å². The number of aromatic nitrogens is 3. The minimum Gasteiger partial charge on any atom is -0.326 e. The first-order chi connectivity index (χ1) is 18.1. The standard InChI is InChI=1S/C28H26N6O3/c35-23-18-10-11-19-33(23)24(20-12-4-1-5-13-20)27(36)30-31-28(37)25-29-26(21-14-6-2-7-15-21)34(32-25)22-16-8-3-9-17-22/h1-9,12-17,24H,10-11,18-19H2,(H,30,36)(H,31,37). The number of carbonyl (C=O) groups is 3. The van der Waals surface area contributed by atoms with Crippen LogP contribution in [0.4, 0.5) is 0 Å². The van der Waals surface area contributed by atoms with E-state index >= 15 is 0 Å². The zero-order chi connectivity index (χ0) is 25.6. The summed E-state index contributed by atoms with van der Waals surface area (Å²) in [6, 6.07) is 27.0. The Labute approximate surface area is 214 Å². The molecule has 1 aromatic heterocycles. The van der Waals surface area contributed by atoms with Crippen molar-refractivity contribution in [1.82, 2.24) is 30.5 Å². The molecule has 0 radical (unpaired) electrons. The molecule has 3 amide bonds. The minimum absolute atomic E-state index is 0.0858. The van der Waals surface area contributed by atoms with E-state index in [0.717, 1.165) is 24.1 Å². The number of rotatable bonds is 6. The van der Waals surface area contributed by atoms with Gasteiger partial charge in [-0.2, -0.15) is 0 Å². The Kier molecular flexibility index (Phi) is 7.02. The van der Waals surface area contributed by atoms with Crippen molar-refractivity contribution < 1.29 is 14.4 Å². The quantitative estimate of drug-likeness (QED) is 0.399. The van der Waals surface area contributed by atoms with Gasteiger partial charge in [-0.25, -0.2) is 9.67 Å². The van der Waals surface area contributed by atoms with Crippen LogP contribution in [0.2, 0.25) is 0 Å². The Balaban J connectivity index is 1.38. The van der Waals surface area contributed by atoms with Gasteiger partial charge in [0.2, 0.25) is 11.7 Å². The van der Waals surface area contributed by atoms with Crippen LogP contribution in [0, 0.1) is 0 Å². The first-order valence-corrected chi connectivity index (χ1v) is 12.1. The number of nitrogens with one attached hydrogen (secondary N) is 2. The van der Waals surface area contributed by atoms with Crippen LogP contribution >= 0.6 is 0 Å². The van der Waals surface area contributed by atoms with Crippen molar-refractivity contribution in [2.75, 3.05) is 6.54 Å². The summed E-state index contributed by atoms with van der Waals surface area (Å²) in [6.07, 6.45) is 2.01. The summed E-state index contributed by atoms with van der Waals surface area (Å²) in [4.78, 5) is 45.0. The lowest BCUT2D eigenvalue weighted by molar-refractivity contribution is -0.143. The molecule has 1 atom stereocenters. The van der Waals surface area contributed by atoms with Gasteiger partial charge in [-0.3, -0.25) is 25.2 Å². The molecule has 1 aliphatic rings. The average Bonchev–Trinajstić information content (AvgIpc) is 3.40. The number of nitrogens with zero attached hydrogens (tertiary/aromatic N) is 4. The average molecular weight is 495 g/mol. The molecule has 2 heterocycles. The van der Waals surface area contributed by atoms with Crippen LogP contribution in [-0.4, -0.2) is 43.9 Å². The molecule has 0 bridgehead atoms. The monoisotopic (exact) mass is 494 g/mol. The van der Waals surface area contributed by atoms with E-state index in [0.29, 0.717) is 24.4 Å². The van der Waals surface area contributed by atoms with E-state index in [9.17, 15) is 14.4 Å². The first-order valence-electron chi connectivity index (χ1n) is 12.1. The molecule has 1 aliphatic heterocycles. The summed E-state index contributed by atoms with van der Waals surface area (Å²) in [5.74, 6) is -0.882. The molecule has 0 aliphatic carbocycles. The van der Waals surface area contributed by atoms with E-state index in [2.05, 4.69) is 20.9 Å². The van der Waals surface area contributed by atoms with Gasteiger partial charge >= 0.3 is 5.91 Å². The summed E-state index contributed by atoms with van der Waals surface area (Å²) < 4.78 is 1.59. The molecule has 1 unspecified atom stereocenters. The lowest BCUT2D eigenvalue weighted by atomic mass is 10.0. The predicted octanol–water partition coefficient (Wildman–Crippen LogP) is 3.45. The number of piperidine rings is 1. The van der Waals surface area contributed by atoms with E-state index in [1.165, 1.54) is 0 Å². The highest BCUT2D eigenvalue weighted by Crippen LogP contribution is 2.26. The molecule has 9 nitrogen and oxygen atoms in total. The normalized spacial score (nSPS) is 14.2. The molecule has 186 valence electrons. The molecule has 2 N–H and O–H groups in total. The van der Waals surface area contributed by atoms with Gasteiger partial charge in [0.05, 0.1) is 5.69 Å². The van der Waals surface area contributed by atoms with Gasteiger partial charge in [-0.1, -0.05) is 78.9 Å². The van der Waals surface area contributed by atoms with Crippen molar-refractivity contribution >= 4 is 17.7 Å². The second-order valence-electron chi connectivity index (χ2n) is 8.67. The molecular weight excluding hydrogens is 468 g/mol. The fourth-order valence-corrected chi connectivity index (χ4v) is 4.38. The van der Waals surface area contributed by atoms with Crippen LogP contribution in [0.25, 0.3) is 17.1 Å². The molecule has 5 rings (SSSR count). The van der Waals surface area contributed by atoms with E-state index in [-0.39, 0.29) is 11.7 Å². The molecule has 4 aromatic rings. The van der Waals surface area contributed by atoms with Gasteiger partial charge in [0, 0.05) is 18.5 Å². The first kappa shape index (κ1) is 23.9. The molecule has 0 spiro atoms. The Hall–Kier alpha value is -4.79. The van der Waals surface area contributed by atoms with Crippen molar-refractivity contribution in [3.8, 4) is 17.1 Å². The maximum atomic E-state index is 13.3. The number of likely N-dealkylation sites (tertiary alicyclic amines) is 1. The zero-order valence-corrected chi connectivity index (χ0v) is 20.1. The molecule has 1 fully saturated rings. The highest BCUT2D eigenvalue weighted by Gasteiger charge is 2.33. The largest absolute Gasteiger partial charge is 0.326 e. The SMILES string of the molecule is O=C(NNC(=O)C(c1ccccc1)N1CCCCC1=O)c1nc(-c2ccccc2)n(-c2ccccc2)n1. The van der Waals surface area contributed by atoms with Gasteiger partial charge in [0.25, 0.3) is 5.91 Å². The van der Waals surface area contributed by atoms with Gasteiger partial charge in [0.1, 0.15) is 6.04 Å². The third-order valence-corrected chi connectivity index (χ3v) is 6.18. The Morgan fingerprint density at radius 2 is 1.46 bits per heavy atom. The van der Waals surface area contributed by atoms with E-state index in [1.54, 1.807) is 21.7 Å². The van der Waals surface area contributed by atoms with Crippen molar-refractivity contribution in [2.45, 2.75) is 25.3 Å². The summed E-state index contributed by atoms with van der Waals surface area (Å²) >= 11 is 0. The highest BCUT2D eigenvalue weighted by molar-refractivity contribution is 5.94. The lowest BCUT2D eigenvalue weighted by Crippen LogP contribution is -2.50. The van der Waals surface area contributed by atoms with Crippen LogP contribution in [0.1, 0.15) is 41.5 Å². The van der Waals surface area contributed by atoms with Crippen LogP contribution < -0.4 is 10.9 Å². The topological polar surface area (TPSA) is 109 Å². The molecular formula is C28H26N6O3. The van der Waals surface area contributed by atoms with Crippen molar-refractivity contribution in [3.63, 3.8) is 0 Å². The smallest absolute Gasteiger partial charge is 0.309 e. The van der Waals surface area contributed by atoms with Crippen molar-refractivity contribution in [1.29, 1.82) is 0 Å². The number of benzene rings is 3. The molecule has 3 aromatic carbocycles. The van der Waals surface area contributed by atoms with Crippen LogP contribution in [0.3, 0.4) is 0 Å². The van der Waals surface area contributed by atoms with Gasteiger partial charge in [0.15, 0.2) is 5.82 Å². The second kappa shape index (κ2) is 10.9. The predicted molar refractivity (Wildman–Crippen MR) is 137 cm³/mol. The van der Waals surface area contributed by atoms with Gasteiger partial charge in [-0.05, 0) is 30.5 Å². The van der Waals surface area contributed by atoms with Crippen molar-refractivity contribution in [3.05, 3.63) is 102 Å². The van der Waals surface area contributed by atoms with E-state index in [4.69, 9.17) is 0 Å². The summed E-state index contributed by atoms with van der Waals surface area (Å²) in [6.45, 7) is 0.475. The number of amides is 3. The minimum atomic E-state index is -0.857. The van der Waals surface area contributed by atoms with Crippen LogP contribution in [0.15, 0.2) is 91.0 Å². The Morgan fingerprint density at radius 3 is 2.14 bits per heavy atom. The Bertz CT molecular complexity index is 1330. The molecule has 1 saturated heterocycles. The van der Waals surface area contributed by atoms with E-state index < -0.39 is 17.9 Å². The molecule has 0 saturated carbocycles. The third kappa shape index (κ3) is 5.25. The van der Waals surface area contributed by atoms with Crippen LogP contribution in [-0.2, 0) is 9.59 Å². The fraction of sp³-hybridized carbons (Fsp3) is 0.179. The van der Waals surface area contributed by atoms with E-state index in [1.807, 2.05) is 78.9 Å². The van der Waals surface area contributed by atoms with Gasteiger partial charge in [-0.15, -0.1) is 5.10 Å². The Morgan fingerprint density at radius 1 is 0.811 bits per heavy atom. The maximum absolute atomic E-state index is 13.3. The highest BCUT2D eigenvalue weighted by atomic mass is 16.2. The number of hydrogen-bond donors (Lipinski definition) is 2. The summed E-state index contributed by atoms with van der Waals surface area (Å²) in [5.41, 5.74) is 7.11. The fourth-order valence-electron chi connectivity index (χ4n) is 4.38. The summed E-state index contributed by atoms with van der Waals surface area (Å²) in [5, 5.41) is 4.42. The number of carbonyl (C=O) groups excluding carboxylic acids is 3. The zero-order valence-electron chi connectivity index (χ0n) is 20.1. The number of hydrogen-bond acceptors (Lipinski definition) is 5.